The number of benzene rings is 2. The zero-order valence-corrected chi connectivity index (χ0v) is 13.4. The molecule has 0 aliphatic rings. The lowest BCUT2D eigenvalue weighted by molar-refractivity contribution is -0.116. The van der Waals surface area contributed by atoms with Crippen molar-refractivity contribution in [3.05, 3.63) is 75.0 Å². The number of para-hydroxylation sites is 1. The molecule has 3 aromatic rings. The van der Waals surface area contributed by atoms with Crippen molar-refractivity contribution in [2.24, 2.45) is 0 Å². The van der Waals surface area contributed by atoms with Gasteiger partial charge in [-0.25, -0.2) is 0 Å². The standard InChI is InChI=1S/C17H12Cl2N2O2/c18-12-5-3-6-13(17(12)19)20-16(23)10-21-9-8-15(22)11-4-1-2-7-14(11)21/h1-9H,10H2,(H,20,23). The number of pyridine rings is 1. The van der Waals surface area contributed by atoms with Gasteiger partial charge in [-0.2, -0.15) is 0 Å². The molecule has 1 N–H and O–H groups in total. The number of rotatable bonds is 3. The van der Waals surface area contributed by atoms with Crippen molar-refractivity contribution in [2.75, 3.05) is 5.32 Å². The number of carbonyl (C=O) groups excluding carboxylic acids is 1. The number of amides is 1. The lowest BCUT2D eigenvalue weighted by atomic mass is 10.2. The van der Waals surface area contributed by atoms with Crippen molar-refractivity contribution in [3.8, 4) is 0 Å². The largest absolute Gasteiger partial charge is 0.338 e. The van der Waals surface area contributed by atoms with Gasteiger partial charge in [0, 0.05) is 17.6 Å². The summed E-state index contributed by atoms with van der Waals surface area (Å²) in [6.45, 7) is 0.0592. The first-order chi connectivity index (χ1) is 11.1. The molecule has 0 atom stereocenters. The van der Waals surface area contributed by atoms with Gasteiger partial charge in [-0.1, -0.05) is 41.4 Å². The molecule has 0 spiro atoms. The minimum Gasteiger partial charge on any atom is -0.338 e. The summed E-state index contributed by atoms with van der Waals surface area (Å²) >= 11 is 12.0. The first kappa shape index (κ1) is 15.6. The van der Waals surface area contributed by atoms with E-state index < -0.39 is 0 Å². The van der Waals surface area contributed by atoms with E-state index in [1.165, 1.54) is 6.07 Å². The minimum atomic E-state index is -0.261. The summed E-state index contributed by atoms with van der Waals surface area (Å²) < 4.78 is 1.71. The summed E-state index contributed by atoms with van der Waals surface area (Å²) in [5, 5.41) is 3.97. The molecule has 23 heavy (non-hydrogen) atoms. The van der Waals surface area contributed by atoms with E-state index in [-0.39, 0.29) is 17.9 Å². The van der Waals surface area contributed by atoms with E-state index in [0.717, 1.165) is 0 Å². The van der Waals surface area contributed by atoms with Crippen LogP contribution in [0.4, 0.5) is 5.69 Å². The number of aromatic nitrogens is 1. The molecule has 116 valence electrons. The van der Waals surface area contributed by atoms with Crippen LogP contribution in [0.15, 0.2) is 59.5 Å². The van der Waals surface area contributed by atoms with Crippen LogP contribution in [0.25, 0.3) is 10.9 Å². The molecule has 0 fully saturated rings. The van der Waals surface area contributed by atoms with Gasteiger partial charge in [-0.3, -0.25) is 9.59 Å². The van der Waals surface area contributed by atoms with Gasteiger partial charge in [0.15, 0.2) is 5.43 Å². The van der Waals surface area contributed by atoms with Crippen LogP contribution in [0.1, 0.15) is 0 Å². The Balaban J connectivity index is 1.88. The SMILES string of the molecule is O=C(Cn1ccc(=O)c2ccccc21)Nc1cccc(Cl)c1Cl. The van der Waals surface area contributed by atoms with Crippen LogP contribution in [0.5, 0.6) is 0 Å². The number of halogens is 2. The number of anilines is 1. The highest BCUT2D eigenvalue weighted by molar-refractivity contribution is 6.43. The second-order valence-electron chi connectivity index (χ2n) is 4.97. The number of nitrogens with zero attached hydrogens (tertiary/aromatic N) is 1. The Morgan fingerprint density at radius 1 is 1.04 bits per heavy atom. The number of carbonyl (C=O) groups is 1. The third-order valence-electron chi connectivity index (χ3n) is 3.42. The van der Waals surface area contributed by atoms with Gasteiger partial charge in [0.25, 0.3) is 0 Å². The molecule has 0 saturated heterocycles. The van der Waals surface area contributed by atoms with E-state index in [1.807, 2.05) is 6.07 Å². The third-order valence-corrected chi connectivity index (χ3v) is 4.24. The van der Waals surface area contributed by atoms with Crippen LogP contribution in [0, 0.1) is 0 Å². The summed E-state index contributed by atoms with van der Waals surface area (Å²) in [5.41, 5.74) is 1.08. The summed E-state index contributed by atoms with van der Waals surface area (Å²) in [4.78, 5) is 24.1. The number of fused-ring (bicyclic) bond motifs is 1. The van der Waals surface area contributed by atoms with Gasteiger partial charge in [-0.05, 0) is 24.3 Å². The van der Waals surface area contributed by atoms with Gasteiger partial charge in [-0.15, -0.1) is 0 Å². The van der Waals surface area contributed by atoms with E-state index in [4.69, 9.17) is 23.2 Å². The molecule has 0 aliphatic carbocycles. The van der Waals surface area contributed by atoms with Gasteiger partial charge in [0.2, 0.25) is 5.91 Å². The van der Waals surface area contributed by atoms with Crippen LogP contribution < -0.4 is 10.7 Å². The fraction of sp³-hybridized carbons (Fsp3) is 0.0588. The molecule has 1 aromatic heterocycles. The van der Waals surface area contributed by atoms with Gasteiger partial charge in [0.1, 0.15) is 6.54 Å². The van der Waals surface area contributed by atoms with Gasteiger partial charge >= 0.3 is 0 Å². The maximum atomic E-state index is 12.3. The first-order valence-electron chi connectivity index (χ1n) is 6.88. The Bertz CT molecular complexity index is 951. The van der Waals surface area contributed by atoms with E-state index in [0.29, 0.717) is 26.6 Å². The molecule has 2 aromatic carbocycles. The molecule has 0 radical (unpaired) electrons. The summed E-state index contributed by atoms with van der Waals surface area (Å²) in [5.74, 6) is -0.261. The molecule has 0 unspecified atom stereocenters. The highest BCUT2D eigenvalue weighted by Crippen LogP contribution is 2.29. The van der Waals surface area contributed by atoms with Crippen LogP contribution >= 0.6 is 23.2 Å². The lowest BCUT2D eigenvalue weighted by Gasteiger charge is -2.12. The molecule has 4 nitrogen and oxygen atoms in total. The number of hydrogen-bond acceptors (Lipinski definition) is 2. The topological polar surface area (TPSA) is 51.1 Å². The Labute approximate surface area is 142 Å². The fourth-order valence-corrected chi connectivity index (χ4v) is 2.69. The molecule has 3 rings (SSSR count). The second kappa shape index (κ2) is 6.44. The normalized spacial score (nSPS) is 10.7. The average Bonchev–Trinajstić information content (AvgIpc) is 2.55. The van der Waals surface area contributed by atoms with E-state index in [1.54, 1.807) is 47.2 Å². The molecule has 1 amide bonds. The maximum Gasteiger partial charge on any atom is 0.244 e. The Morgan fingerprint density at radius 3 is 2.65 bits per heavy atom. The van der Waals surface area contributed by atoms with Crippen molar-refractivity contribution in [1.82, 2.24) is 4.57 Å². The predicted octanol–water partition coefficient (Wildman–Crippen LogP) is 3.95. The zero-order chi connectivity index (χ0) is 16.4. The lowest BCUT2D eigenvalue weighted by Crippen LogP contribution is -2.20. The minimum absolute atomic E-state index is 0.0592. The molecule has 0 saturated carbocycles. The highest BCUT2D eigenvalue weighted by atomic mass is 35.5. The van der Waals surface area contributed by atoms with Crippen LogP contribution in [0.2, 0.25) is 10.0 Å². The summed E-state index contributed by atoms with van der Waals surface area (Å²) in [6.07, 6.45) is 1.60. The summed E-state index contributed by atoms with van der Waals surface area (Å²) in [6, 6.07) is 13.6. The maximum absolute atomic E-state index is 12.3. The molecule has 0 aliphatic heterocycles. The molecule has 1 heterocycles. The number of hydrogen-bond donors (Lipinski definition) is 1. The molecular weight excluding hydrogens is 335 g/mol. The third kappa shape index (κ3) is 3.23. The second-order valence-corrected chi connectivity index (χ2v) is 5.76. The Hall–Kier alpha value is -2.30. The van der Waals surface area contributed by atoms with Crippen LogP contribution in [-0.4, -0.2) is 10.5 Å². The van der Waals surface area contributed by atoms with Crippen LogP contribution in [0.3, 0.4) is 0 Å². The predicted molar refractivity (Wildman–Crippen MR) is 93.3 cm³/mol. The van der Waals surface area contributed by atoms with E-state index >= 15 is 0 Å². The van der Waals surface area contributed by atoms with Crippen LogP contribution in [-0.2, 0) is 11.3 Å². The smallest absolute Gasteiger partial charge is 0.244 e. The molecule has 6 heteroatoms. The van der Waals surface area contributed by atoms with Crippen molar-refractivity contribution < 1.29 is 4.79 Å². The molecule has 0 bridgehead atoms. The van der Waals surface area contributed by atoms with E-state index in [2.05, 4.69) is 5.32 Å². The highest BCUT2D eigenvalue weighted by Gasteiger charge is 2.10. The fourth-order valence-electron chi connectivity index (χ4n) is 2.34. The number of nitrogens with one attached hydrogen (secondary N) is 1. The monoisotopic (exact) mass is 346 g/mol. The molecular formula is C17H12Cl2N2O2. The van der Waals surface area contributed by atoms with Crippen molar-refractivity contribution >= 4 is 45.7 Å². The van der Waals surface area contributed by atoms with Gasteiger partial charge < -0.3 is 9.88 Å². The van der Waals surface area contributed by atoms with Crippen molar-refractivity contribution in [2.45, 2.75) is 6.54 Å². The van der Waals surface area contributed by atoms with Gasteiger partial charge in [0.05, 0.1) is 21.2 Å². The van der Waals surface area contributed by atoms with Crippen molar-refractivity contribution in [3.63, 3.8) is 0 Å². The first-order valence-corrected chi connectivity index (χ1v) is 7.64. The summed E-state index contributed by atoms with van der Waals surface area (Å²) in [7, 11) is 0. The Kier molecular flexibility index (Phi) is 4.37. The zero-order valence-electron chi connectivity index (χ0n) is 11.9. The average molecular weight is 347 g/mol. The quantitative estimate of drug-likeness (QED) is 0.780. The van der Waals surface area contributed by atoms with Crippen molar-refractivity contribution in [1.29, 1.82) is 0 Å². The van der Waals surface area contributed by atoms with E-state index in [9.17, 15) is 9.59 Å². The Morgan fingerprint density at radius 2 is 1.83 bits per heavy atom.